The lowest BCUT2D eigenvalue weighted by molar-refractivity contribution is 0.444. The summed E-state index contributed by atoms with van der Waals surface area (Å²) in [5, 5.41) is 8.36. The van der Waals surface area contributed by atoms with E-state index in [0.717, 1.165) is 37.2 Å². The highest BCUT2D eigenvalue weighted by Gasteiger charge is 2.09. The average Bonchev–Trinajstić information content (AvgIpc) is 3.04. The van der Waals surface area contributed by atoms with E-state index in [1.54, 1.807) is 6.20 Å². The Morgan fingerprint density at radius 2 is 2.20 bits per heavy atom. The first-order valence-corrected chi connectivity index (χ1v) is 8.67. The molecule has 0 spiro atoms. The molecule has 0 bridgehead atoms. The van der Waals surface area contributed by atoms with Gasteiger partial charge >= 0.3 is 0 Å². The van der Waals surface area contributed by atoms with E-state index < -0.39 is 0 Å². The second-order valence-corrected chi connectivity index (χ2v) is 6.45. The van der Waals surface area contributed by atoms with E-state index >= 15 is 0 Å². The highest BCUT2D eigenvalue weighted by Crippen LogP contribution is 2.12. The molecule has 1 unspecified atom stereocenters. The number of hydrogen-bond donors (Lipinski definition) is 1. The summed E-state index contributed by atoms with van der Waals surface area (Å²) in [5.74, 6) is 1.32. The second kappa shape index (κ2) is 11.4. The SMILES string of the molecule is CCNC(=NCC(C)Cn1cccn1)N(C)Cc1cccc(Cl)c1.I. The van der Waals surface area contributed by atoms with Crippen LogP contribution in [0, 0.1) is 5.92 Å². The molecule has 0 aliphatic heterocycles. The van der Waals surface area contributed by atoms with Crippen molar-refractivity contribution in [3.63, 3.8) is 0 Å². The van der Waals surface area contributed by atoms with Crippen molar-refractivity contribution >= 4 is 41.5 Å². The molecule has 0 aliphatic rings. The molecule has 2 rings (SSSR count). The minimum absolute atomic E-state index is 0. The average molecular weight is 476 g/mol. The molecule has 0 aliphatic carbocycles. The van der Waals surface area contributed by atoms with Crippen LogP contribution in [0.4, 0.5) is 0 Å². The predicted octanol–water partition coefficient (Wildman–Crippen LogP) is 3.89. The van der Waals surface area contributed by atoms with Crippen LogP contribution < -0.4 is 5.32 Å². The maximum Gasteiger partial charge on any atom is 0.193 e. The molecular formula is C18H27ClIN5. The molecule has 0 amide bonds. The molecule has 0 saturated carbocycles. The minimum Gasteiger partial charge on any atom is -0.357 e. The fourth-order valence-electron chi connectivity index (χ4n) is 2.48. The Kier molecular flexibility index (Phi) is 9.89. The van der Waals surface area contributed by atoms with Gasteiger partial charge in [-0.1, -0.05) is 30.7 Å². The van der Waals surface area contributed by atoms with Crippen molar-refractivity contribution in [2.45, 2.75) is 26.9 Å². The summed E-state index contributed by atoms with van der Waals surface area (Å²) in [6, 6.07) is 9.87. The molecule has 0 fully saturated rings. The number of rotatable bonds is 7. The van der Waals surface area contributed by atoms with Crippen LogP contribution in [0.1, 0.15) is 19.4 Å². The summed E-state index contributed by atoms with van der Waals surface area (Å²) in [5.41, 5.74) is 1.17. The fourth-order valence-corrected chi connectivity index (χ4v) is 2.69. The van der Waals surface area contributed by atoms with E-state index in [9.17, 15) is 0 Å². The zero-order valence-corrected chi connectivity index (χ0v) is 18.1. The van der Waals surface area contributed by atoms with Crippen molar-refractivity contribution in [1.82, 2.24) is 20.0 Å². The van der Waals surface area contributed by atoms with Crippen LogP contribution >= 0.6 is 35.6 Å². The zero-order chi connectivity index (χ0) is 17.4. The molecule has 1 N–H and O–H groups in total. The van der Waals surface area contributed by atoms with E-state index in [4.69, 9.17) is 16.6 Å². The third kappa shape index (κ3) is 7.64. The molecular weight excluding hydrogens is 449 g/mol. The van der Waals surface area contributed by atoms with Gasteiger partial charge < -0.3 is 10.2 Å². The Balaban J connectivity index is 0.00000312. The number of nitrogens with one attached hydrogen (secondary N) is 1. The fraction of sp³-hybridized carbons (Fsp3) is 0.444. The quantitative estimate of drug-likeness (QED) is 0.375. The largest absolute Gasteiger partial charge is 0.357 e. The van der Waals surface area contributed by atoms with Gasteiger partial charge in [-0.15, -0.1) is 24.0 Å². The van der Waals surface area contributed by atoms with Crippen LogP contribution in [0.15, 0.2) is 47.7 Å². The summed E-state index contributed by atoms with van der Waals surface area (Å²) >= 11 is 6.07. The van der Waals surface area contributed by atoms with Crippen LogP contribution in [0.3, 0.4) is 0 Å². The molecule has 0 radical (unpaired) electrons. The number of halogens is 2. The number of guanidine groups is 1. The Hall–Kier alpha value is -1.28. The van der Waals surface area contributed by atoms with Gasteiger partial charge in [0.25, 0.3) is 0 Å². The predicted molar refractivity (Wildman–Crippen MR) is 116 cm³/mol. The third-order valence-electron chi connectivity index (χ3n) is 3.62. The highest BCUT2D eigenvalue weighted by molar-refractivity contribution is 14.0. The Bertz CT molecular complexity index is 645. The van der Waals surface area contributed by atoms with E-state index in [-0.39, 0.29) is 24.0 Å². The Labute approximate surface area is 172 Å². The highest BCUT2D eigenvalue weighted by atomic mass is 127. The number of benzene rings is 1. The van der Waals surface area contributed by atoms with E-state index in [0.29, 0.717) is 5.92 Å². The van der Waals surface area contributed by atoms with Crippen LogP contribution in [0.25, 0.3) is 0 Å². The van der Waals surface area contributed by atoms with Gasteiger partial charge in [0.15, 0.2) is 5.96 Å². The molecule has 1 aromatic carbocycles. The van der Waals surface area contributed by atoms with Gasteiger partial charge in [-0.25, -0.2) is 0 Å². The summed E-state index contributed by atoms with van der Waals surface area (Å²) in [6.07, 6.45) is 3.79. The number of nitrogens with zero attached hydrogens (tertiary/aromatic N) is 4. The lowest BCUT2D eigenvalue weighted by Crippen LogP contribution is -2.38. The minimum atomic E-state index is 0. The summed E-state index contributed by atoms with van der Waals surface area (Å²) in [6.45, 7) is 7.49. The molecule has 1 atom stereocenters. The lowest BCUT2D eigenvalue weighted by atomic mass is 10.2. The van der Waals surface area contributed by atoms with Gasteiger partial charge in [0.1, 0.15) is 0 Å². The van der Waals surface area contributed by atoms with Crippen molar-refractivity contribution < 1.29 is 0 Å². The van der Waals surface area contributed by atoms with Crippen molar-refractivity contribution in [1.29, 1.82) is 0 Å². The van der Waals surface area contributed by atoms with Gasteiger partial charge in [0.2, 0.25) is 0 Å². The molecule has 2 aromatic rings. The normalized spacial score (nSPS) is 12.4. The number of aliphatic imine (C=N–C) groups is 1. The van der Waals surface area contributed by atoms with Crippen molar-refractivity contribution in [3.8, 4) is 0 Å². The lowest BCUT2D eigenvalue weighted by Gasteiger charge is -2.23. The third-order valence-corrected chi connectivity index (χ3v) is 3.85. The molecule has 25 heavy (non-hydrogen) atoms. The standard InChI is InChI=1S/C18H26ClN5.HI/c1-4-20-18(21-12-15(2)13-24-10-6-9-22-24)23(3)14-16-7-5-8-17(19)11-16;/h5-11,15H,4,12-14H2,1-3H3,(H,20,21);1H. The van der Waals surface area contributed by atoms with Crippen LogP contribution in [0.2, 0.25) is 5.02 Å². The number of aromatic nitrogens is 2. The molecule has 0 saturated heterocycles. The zero-order valence-electron chi connectivity index (χ0n) is 15.0. The summed E-state index contributed by atoms with van der Waals surface area (Å²) in [4.78, 5) is 6.89. The van der Waals surface area contributed by atoms with E-state index in [1.165, 1.54) is 5.56 Å². The molecule has 1 aromatic heterocycles. The van der Waals surface area contributed by atoms with Crippen LogP contribution in [-0.4, -0.2) is 40.8 Å². The smallest absolute Gasteiger partial charge is 0.193 e. The maximum absolute atomic E-state index is 6.07. The van der Waals surface area contributed by atoms with E-state index in [2.05, 4.69) is 35.2 Å². The van der Waals surface area contributed by atoms with Gasteiger partial charge in [-0.05, 0) is 36.6 Å². The topological polar surface area (TPSA) is 45.5 Å². The first kappa shape index (κ1) is 21.8. The molecule has 5 nitrogen and oxygen atoms in total. The van der Waals surface area contributed by atoms with Gasteiger partial charge in [0, 0.05) is 50.6 Å². The molecule has 7 heteroatoms. The van der Waals surface area contributed by atoms with Crippen LogP contribution in [0.5, 0.6) is 0 Å². The maximum atomic E-state index is 6.07. The molecule has 138 valence electrons. The number of hydrogen-bond acceptors (Lipinski definition) is 2. The van der Waals surface area contributed by atoms with Crippen LogP contribution in [-0.2, 0) is 13.1 Å². The van der Waals surface area contributed by atoms with Gasteiger partial charge in [0.05, 0.1) is 0 Å². The summed E-state index contributed by atoms with van der Waals surface area (Å²) < 4.78 is 1.95. The first-order valence-electron chi connectivity index (χ1n) is 8.29. The van der Waals surface area contributed by atoms with Gasteiger partial charge in [-0.3, -0.25) is 9.67 Å². The van der Waals surface area contributed by atoms with Crippen molar-refractivity contribution in [2.24, 2.45) is 10.9 Å². The van der Waals surface area contributed by atoms with Crippen molar-refractivity contribution in [2.75, 3.05) is 20.1 Å². The monoisotopic (exact) mass is 475 g/mol. The van der Waals surface area contributed by atoms with E-state index in [1.807, 2.05) is 42.2 Å². The summed E-state index contributed by atoms with van der Waals surface area (Å²) in [7, 11) is 2.04. The van der Waals surface area contributed by atoms with Crippen molar-refractivity contribution in [3.05, 3.63) is 53.3 Å². The molecule has 1 heterocycles. The first-order chi connectivity index (χ1) is 11.6. The Morgan fingerprint density at radius 1 is 1.40 bits per heavy atom. The second-order valence-electron chi connectivity index (χ2n) is 6.01. The van der Waals surface area contributed by atoms with Gasteiger partial charge in [-0.2, -0.15) is 5.10 Å². The Morgan fingerprint density at radius 3 is 2.84 bits per heavy atom.